The second kappa shape index (κ2) is 11.9. The summed E-state index contributed by atoms with van der Waals surface area (Å²) in [5.74, 6) is 1.34. The number of rotatable bonds is 10. The molecular weight excluding hydrogens is 432 g/mol. The monoisotopic (exact) mass is 454 g/mol. The zero-order chi connectivity index (χ0) is 21.2. The summed E-state index contributed by atoms with van der Waals surface area (Å²) < 4.78 is 5.12. The molecule has 2 rings (SSSR count). The minimum Gasteiger partial charge on any atom is -0.497 e. The molecule has 2 aromatic rings. The van der Waals surface area contributed by atoms with Crippen LogP contribution in [-0.2, 0) is 4.79 Å². The number of hydrogen-bond acceptors (Lipinski definition) is 7. The van der Waals surface area contributed by atoms with Crippen LogP contribution in [0.2, 0.25) is 5.02 Å². The third-order valence-corrected chi connectivity index (χ3v) is 5.46. The number of carbonyl (C=O) groups is 2. The van der Waals surface area contributed by atoms with Crippen LogP contribution in [0.1, 0.15) is 23.8 Å². The first-order valence-corrected chi connectivity index (χ1v) is 11.6. The van der Waals surface area contributed by atoms with Gasteiger partial charge in [-0.3, -0.25) is 9.59 Å². The lowest BCUT2D eigenvalue weighted by Gasteiger charge is -2.18. The van der Waals surface area contributed by atoms with Crippen molar-refractivity contribution in [2.75, 3.05) is 30.2 Å². The van der Waals surface area contributed by atoms with Crippen molar-refractivity contribution in [1.29, 1.82) is 0 Å². The average molecular weight is 455 g/mol. The molecule has 1 heterocycles. The maximum absolute atomic E-state index is 12.8. The van der Waals surface area contributed by atoms with E-state index in [9.17, 15) is 9.59 Å². The number of hydrogen-bond donors (Lipinski definition) is 2. The average Bonchev–Trinajstić information content (AvgIpc) is 2.73. The second-order valence-electron chi connectivity index (χ2n) is 5.81. The van der Waals surface area contributed by atoms with E-state index in [-0.39, 0.29) is 16.6 Å². The maximum Gasteiger partial charge on any atom is 0.272 e. The highest BCUT2D eigenvalue weighted by atomic mass is 35.5. The molecule has 2 amide bonds. The molecule has 0 saturated heterocycles. The first kappa shape index (κ1) is 23.3. The standard InChI is InChI=1S/C19H23ClN4O3S2/c1-4-29-19-21-11-14(20)16(24-19)18(26)23-15(9-10-28-3)17(25)22-12-5-7-13(27-2)8-6-12/h5-8,11,15H,4,9-10H2,1-3H3,(H,22,25)(H,23,26). The van der Waals surface area contributed by atoms with Crippen molar-refractivity contribution in [3.8, 4) is 5.75 Å². The predicted octanol–water partition coefficient (Wildman–Crippen LogP) is 3.74. The molecule has 0 spiro atoms. The lowest BCUT2D eigenvalue weighted by Crippen LogP contribution is -2.44. The maximum atomic E-state index is 12.8. The molecule has 156 valence electrons. The quantitative estimate of drug-likeness (QED) is 0.417. The number of nitrogens with one attached hydrogen (secondary N) is 2. The molecule has 1 aromatic carbocycles. The highest BCUT2D eigenvalue weighted by Crippen LogP contribution is 2.19. The number of amides is 2. The third-order valence-electron chi connectivity index (χ3n) is 3.80. The molecule has 0 bridgehead atoms. The Kier molecular flexibility index (Phi) is 9.56. The fraction of sp³-hybridized carbons (Fsp3) is 0.368. The smallest absolute Gasteiger partial charge is 0.272 e. The normalized spacial score (nSPS) is 11.6. The SMILES string of the molecule is CCSc1ncc(Cl)c(C(=O)NC(CCSC)C(=O)Nc2ccc(OC)cc2)n1. The number of carbonyl (C=O) groups excluding carboxylic acids is 2. The molecule has 29 heavy (non-hydrogen) atoms. The number of methoxy groups -OCH3 is 1. The minimum atomic E-state index is -0.731. The number of halogens is 1. The number of nitrogens with zero attached hydrogens (tertiary/aromatic N) is 2. The highest BCUT2D eigenvalue weighted by molar-refractivity contribution is 7.99. The van der Waals surface area contributed by atoms with Gasteiger partial charge in [0.25, 0.3) is 5.91 Å². The van der Waals surface area contributed by atoms with Gasteiger partial charge in [-0.25, -0.2) is 9.97 Å². The zero-order valence-electron chi connectivity index (χ0n) is 16.4. The summed E-state index contributed by atoms with van der Waals surface area (Å²) in [6.07, 6.45) is 3.81. The van der Waals surface area contributed by atoms with Crippen LogP contribution in [0.15, 0.2) is 35.6 Å². The van der Waals surface area contributed by atoms with Gasteiger partial charge in [0, 0.05) is 5.69 Å². The molecule has 0 aliphatic rings. The molecule has 2 N–H and O–H groups in total. The van der Waals surface area contributed by atoms with Crippen molar-refractivity contribution in [2.24, 2.45) is 0 Å². The number of thioether (sulfide) groups is 2. The Labute approximate surface area is 183 Å². The van der Waals surface area contributed by atoms with E-state index in [1.165, 1.54) is 18.0 Å². The van der Waals surface area contributed by atoms with Crippen molar-refractivity contribution >= 4 is 52.6 Å². The molecule has 10 heteroatoms. The summed E-state index contributed by atoms with van der Waals surface area (Å²) in [5.41, 5.74) is 0.671. The summed E-state index contributed by atoms with van der Waals surface area (Å²) in [4.78, 5) is 33.8. The van der Waals surface area contributed by atoms with Crippen LogP contribution >= 0.6 is 35.1 Å². The lowest BCUT2D eigenvalue weighted by molar-refractivity contribution is -0.118. The van der Waals surface area contributed by atoms with E-state index in [1.807, 2.05) is 13.2 Å². The first-order chi connectivity index (χ1) is 14.0. The number of ether oxygens (including phenoxy) is 1. The van der Waals surface area contributed by atoms with Crippen LogP contribution in [0.4, 0.5) is 5.69 Å². The van der Waals surface area contributed by atoms with Crippen molar-refractivity contribution < 1.29 is 14.3 Å². The van der Waals surface area contributed by atoms with E-state index >= 15 is 0 Å². The summed E-state index contributed by atoms with van der Waals surface area (Å²) in [7, 11) is 1.57. The molecule has 0 radical (unpaired) electrons. The van der Waals surface area contributed by atoms with Gasteiger partial charge in [0.2, 0.25) is 5.91 Å². The van der Waals surface area contributed by atoms with Crippen molar-refractivity contribution in [1.82, 2.24) is 15.3 Å². The van der Waals surface area contributed by atoms with E-state index in [4.69, 9.17) is 16.3 Å². The molecule has 7 nitrogen and oxygen atoms in total. The second-order valence-corrected chi connectivity index (χ2v) is 8.43. The van der Waals surface area contributed by atoms with E-state index in [0.717, 1.165) is 5.75 Å². The van der Waals surface area contributed by atoms with Gasteiger partial charge in [0.15, 0.2) is 10.9 Å². The molecular formula is C19H23ClN4O3S2. The molecule has 0 fully saturated rings. The van der Waals surface area contributed by atoms with Gasteiger partial charge in [-0.05, 0) is 48.4 Å². The molecule has 0 saturated carbocycles. The summed E-state index contributed by atoms with van der Waals surface area (Å²) in [6, 6.07) is 6.24. The lowest BCUT2D eigenvalue weighted by atomic mass is 10.2. The zero-order valence-corrected chi connectivity index (χ0v) is 18.8. The van der Waals surface area contributed by atoms with Gasteiger partial charge >= 0.3 is 0 Å². The van der Waals surface area contributed by atoms with Crippen LogP contribution < -0.4 is 15.4 Å². The Bertz CT molecular complexity index is 837. The van der Waals surface area contributed by atoms with Crippen LogP contribution in [0, 0.1) is 0 Å². The molecule has 0 aliphatic heterocycles. The van der Waals surface area contributed by atoms with Crippen LogP contribution in [0.3, 0.4) is 0 Å². The molecule has 0 aliphatic carbocycles. The van der Waals surface area contributed by atoms with E-state index in [0.29, 0.717) is 28.8 Å². The minimum absolute atomic E-state index is 0.0593. The summed E-state index contributed by atoms with van der Waals surface area (Å²) in [5, 5.41) is 6.17. The first-order valence-electron chi connectivity index (χ1n) is 8.88. The Hall–Kier alpha value is -1.97. The summed E-state index contributed by atoms with van der Waals surface area (Å²) >= 11 is 9.10. The molecule has 1 unspecified atom stereocenters. The summed E-state index contributed by atoms with van der Waals surface area (Å²) in [6.45, 7) is 1.96. The third kappa shape index (κ3) is 7.09. The highest BCUT2D eigenvalue weighted by Gasteiger charge is 2.24. The van der Waals surface area contributed by atoms with Gasteiger partial charge in [0.1, 0.15) is 11.8 Å². The van der Waals surface area contributed by atoms with Crippen LogP contribution in [-0.4, -0.2) is 52.7 Å². The fourth-order valence-electron chi connectivity index (χ4n) is 2.34. The van der Waals surface area contributed by atoms with Crippen molar-refractivity contribution in [3.63, 3.8) is 0 Å². The van der Waals surface area contributed by atoms with Crippen molar-refractivity contribution in [3.05, 3.63) is 41.2 Å². The van der Waals surface area contributed by atoms with E-state index in [2.05, 4.69) is 20.6 Å². The predicted molar refractivity (Wildman–Crippen MR) is 119 cm³/mol. The van der Waals surface area contributed by atoms with Gasteiger partial charge in [0.05, 0.1) is 18.3 Å². The van der Waals surface area contributed by atoms with Crippen LogP contribution in [0.25, 0.3) is 0 Å². The Balaban J connectivity index is 2.13. The van der Waals surface area contributed by atoms with Gasteiger partial charge in [-0.1, -0.05) is 30.3 Å². The van der Waals surface area contributed by atoms with Crippen molar-refractivity contribution in [2.45, 2.75) is 24.5 Å². The van der Waals surface area contributed by atoms with Gasteiger partial charge in [-0.15, -0.1) is 0 Å². The fourth-order valence-corrected chi connectivity index (χ4v) is 3.53. The number of benzene rings is 1. The largest absolute Gasteiger partial charge is 0.497 e. The van der Waals surface area contributed by atoms with E-state index in [1.54, 1.807) is 43.1 Å². The molecule has 1 aromatic heterocycles. The Morgan fingerprint density at radius 2 is 2.00 bits per heavy atom. The van der Waals surface area contributed by atoms with Gasteiger partial charge in [-0.2, -0.15) is 11.8 Å². The Morgan fingerprint density at radius 3 is 2.62 bits per heavy atom. The van der Waals surface area contributed by atoms with E-state index < -0.39 is 11.9 Å². The topological polar surface area (TPSA) is 93.2 Å². The Morgan fingerprint density at radius 1 is 1.28 bits per heavy atom. The molecule has 1 atom stereocenters. The van der Waals surface area contributed by atoms with Crippen LogP contribution in [0.5, 0.6) is 5.75 Å². The number of anilines is 1. The van der Waals surface area contributed by atoms with Gasteiger partial charge < -0.3 is 15.4 Å². The number of aromatic nitrogens is 2.